The number of esters is 1. The van der Waals surface area contributed by atoms with Crippen molar-refractivity contribution in [3.8, 4) is 11.5 Å². The number of ether oxygens (including phenoxy) is 2. The second kappa shape index (κ2) is 9.86. The summed E-state index contributed by atoms with van der Waals surface area (Å²) in [4.78, 5) is 12.3. The molecule has 0 aromatic heterocycles. The van der Waals surface area contributed by atoms with Crippen LogP contribution < -0.4 is 9.47 Å². The Morgan fingerprint density at radius 2 is 1.66 bits per heavy atom. The van der Waals surface area contributed by atoms with E-state index in [1.54, 1.807) is 19.1 Å². The maximum absolute atomic E-state index is 14.2. The number of benzene rings is 2. The fraction of sp³-hybridized carbons (Fsp3) is 0.458. The van der Waals surface area contributed by atoms with Gasteiger partial charge in [-0.3, -0.25) is 0 Å². The van der Waals surface area contributed by atoms with Crippen LogP contribution in [0.2, 0.25) is 0 Å². The lowest BCUT2D eigenvalue weighted by molar-refractivity contribution is 0.0728. The number of hydrogen-bond acceptors (Lipinski definition) is 3. The number of halogens is 2. The Hall–Kier alpha value is -2.43. The van der Waals surface area contributed by atoms with Crippen LogP contribution in [0, 0.1) is 17.6 Å². The summed E-state index contributed by atoms with van der Waals surface area (Å²) in [7, 11) is 0. The molecule has 1 aliphatic carbocycles. The molecule has 29 heavy (non-hydrogen) atoms. The summed E-state index contributed by atoms with van der Waals surface area (Å²) < 4.78 is 38.4. The molecule has 156 valence electrons. The number of hydrogen-bond donors (Lipinski definition) is 0. The van der Waals surface area contributed by atoms with E-state index >= 15 is 0 Å². The summed E-state index contributed by atoms with van der Waals surface area (Å²) >= 11 is 0. The average Bonchev–Trinajstić information content (AvgIpc) is 2.73. The van der Waals surface area contributed by atoms with Gasteiger partial charge in [-0.05, 0) is 74.3 Å². The predicted octanol–water partition coefficient (Wildman–Crippen LogP) is 6.66. The standard InChI is InChI=1S/C24H28F2O3/c1-3-5-16-6-8-17(9-7-16)18-10-12-19(13-11-18)29-24(27)20-14-15-21(28-4-2)23(26)22(20)25/h10-17H,3-9H2,1-2H3. The van der Waals surface area contributed by atoms with Crippen molar-refractivity contribution >= 4 is 5.97 Å². The van der Waals surface area contributed by atoms with Gasteiger partial charge in [-0.25, -0.2) is 9.18 Å². The van der Waals surface area contributed by atoms with Gasteiger partial charge in [0.05, 0.1) is 12.2 Å². The molecule has 1 aliphatic rings. The maximum atomic E-state index is 14.2. The zero-order valence-electron chi connectivity index (χ0n) is 17.0. The predicted molar refractivity (Wildman–Crippen MR) is 109 cm³/mol. The van der Waals surface area contributed by atoms with Crippen molar-refractivity contribution in [1.29, 1.82) is 0 Å². The van der Waals surface area contributed by atoms with Crippen LogP contribution in [0.4, 0.5) is 8.78 Å². The molecule has 0 atom stereocenters. The highest BCUT2D eigenvalue weighted by atomic mass is 19.2. The minimum atomic E-state index is -1.26. The average molecular weight is 402 g/mol. The van der Waals surface area contributed by atoms with Crippen molar-refractivity contribution in [1.82, 2.24) is 0 Å². The van der Waals surface area contributed by atoms with E-state index in [4.69, 9.17) is 9.47 Å². The quantitative estimate of drug-likeness (QED) is 0.384. The molecular formula is C24H28F2O3. The van der Waals surface area contributed by atoms with Gasteiger partial charge >= 0.3 is 5.97 Å². The number of carbonyl (C=O) groups excluding carboxylic acids is 1. The number of carbonyl (C=O) groups is 1. The molecule has 2 aromatic rings. The van der Waals surface area contributed by atoms with Crippen LogP contribution in [0.25, 0.3) is 0 Å². The first-order valence-electron chi connectivity index (χ1n) is 10.5. The van der Waals surface area contributed by atoms with Gasteiger partial charge in [0.2, 0.25) is 5.82 Å². The molecule has 2 aromatic carbocycles. The van der Waals surface area contributed by atoms with Crippen LogP contribution in [0.15, 0.2) is 36.4 Å². The first-order valence-corrected chi connectivity index (χ1v) is 10.5. The zero-order valence-corrected chi connectivity index (χ0v) is 17.0. The minimum Gasteiger partial charge on any atom is -0.491 e. The summed E-state index contributed by atoms with van der Waals surface area (Å²) in [6, 6.07) is 9.76. The number of rotatable bonds is 7. The lowest BCUT2D eigenvalue weighted by Gasteiger charge is -2.28. The van der Waals surface area contributed by atoms with Crippen molar-refractivity contribution in [2.24, 2.45) is 5.92 Å². The highest BCUT2D eigenvalue weighted by Crippen LogP contribution is 2.38. The molecule has 0 unspecified atom stereocenters. The highest BCUT2D eigenvalue weighted by molar-refractivity contribution is 5.91. The Bertz CT molecular complexity index is 825. The molecule has 1 saturated carbocycles. The second-order valence-corrected chi connectivity index (χ2v) is 7.64. The Labute approximate surface area is 171 Å². The molecule has 0 amide bonds. The Morgan fingerprint density at radius 1 is 0.966 bits per heavy atom. The summed E-state index contributed by atoms with van der Waals surface area (Å²) in [5, 5.41) is 0. The van der Waals surface area contributed by atoms with E-state index in [1.807, 2.05) is 12.1 Å². The normalized spacial score (nSPS) is 19.0. The summed E-state index contributed by atoms with van der Waals surface area (Å²) in [6.07, 6.45) is 7.44. The molecule has 0 aliphatic heterocycles. The summed E-state index contributed by atoms with van der Waals surface area (Å²) in [5.41, 5.74) is 0.780. The highest BCUT2D eigenvalue weighted by Gasteiger charge is 2.23. The SMILES string of the molecule is CCCC1CCC(c2ccc(OC(=O)c3ccc(OCC)c(F)c3F)cc2)CC1. The molecule has 0 spiro atoms. The van der Waals surface area contributed by atoms with E-state index < -0.39 is 23.2 Å². The van der Waals surface area contributed by atoms with Crippen LogP contribution in [-0.2, 0) is 0 Å². The molecule has 1 fully saturated rings. The molecule has 0 saturated heterocycles. The lowest BCUT2D eigenvalue weighted by Crippen LogP contribution is -2.14. The molecule has 0 bridgehead atoms. The van der Waals surface area contributed by atoms with Crippen LogP contribution in [-0.4, -0.2) is 12.6 Å². The summed E-state index contributed by atoms with van der Waals surface area (Å²) in [5.74, 6) is -1.91. The van der Waals surface area contributed by atoms with Gasteiger partial charge < -0.3 is 9.47 Å². The Morgan fingerprint density at radius 3 is 2.28 bits per heavy atom. The largest absolute Gasteiger partial charge is 0.491 e. The molecule has 3 nitrogen and oxygen atoms in total. The van der Waals surface area contributed by atoms with Crippen LogP contribution >= 0.6 is 0 Å². The smallest absolute Gasteiger partial charge is 0.346 e. The fourth-order valence-electron chi connectivity index (χ4n) is 4.12. The Balaban J connectivity index is 1.63. The van der Waals surface area contributed by atoms with Gasteiger partial charge in [0.15, 0.2) is 11.6 Å². The van der Waals surface area contributed by atoms with Gasteiger partial charge in [0.25, 0.3) is 0 Å². The van der Waals surface area contributed by atoms with Crippen molar-refractivity contribution in [2.45, 2.75) is 58.3 Å². The second-order valence-electron chi connectivity index (χ2n) is 7.64. The van der Waals surface area contributed by atoms with Crippen LogP contribution in [0.1, 0.15) is 74.2 Å². The van der Waals surface area contributed by atoms with Crippen molar-refractivity contribution in [3.63, 3.8) is 0 Å². The fourth-order valence-corrected chi connectivity index (χ4v) is 4.12. The van der Waals surface area contributed by atoms with E-state index in [0.717, 1.165) is 5.92 Å². The molecule has 0 radical (unpaired) electrons. The first kappa shape index (κ1) is 21.3. The van der Waals surface area contributed by atoms with E-state index in [2.05, 4.69) is 6.92 Å². The topological polar surface area (TPSA) is 35.5 Å². The maximum Gasteiger partial charge on any atom is 0.346 e. The van der Waals surface area contributed by atoms with E-state index in [9.17, 15) is 13.6 Å². The van der Waals surface area contributed by atoms with Crippen LogP contribution in [0.3, 0.4) is 0 Å². The third-order valence-corrected chi connectivity index (χ3v) is 5.67. The Kier molecular flexibility index (Phi) is 7.24. The van der Waals surface area contributed by atoms with Gasteiger partial charge in [-0.1, -0.05) is 31.9 Å². The van der Waals surface area contributed by atoms with Crippen molar-refractivity contribution < 1.29 is 23.0 Å². The first-order chi connectivity index (χ1) is 14.0. The van der Waals surface area contributed by atoms with Crippen molar-refractivity contribution in [2.75, 3.05) is 6.61 Å². The zero-order chi connectivity index (χ0) is 20.8. The monoisotopic (exact) mass is 402 g/mol. The van der Waals surface area contributed by atoms with Crippen LogP contribution in [0.5, 0.6) is 11.5 Å². The van der Waals surface area contributed by atoms with Gasteiger partial charge in [0.1, 0.15) is 5.75 Å². The van der Waals surface area contributed by atoms with E-state index in [-0.39, 0.29) is 12.4 Å². The third kappa shape index (κ3) is 5.14. The third-order valence-electron chi connectivity index (χ3n) is 5.67. The van der Waals surface area contributed by atoms with Crippen molar-refractivity contribution in [3.05, 3.63) is 59.2 Å². The van der Waals surface area contributed by atoms with Gasteiger partial charge in [0, 0.05) is 0 Å². The van der Waals surface area contributed by atoms with E-state index in [0.29, 0.717) is 11.7 Å². The van der Waals surface area contributed by atoms with Gasteiger partial charge in [-0.15, -0.1) is 0 Å². The molecule has 5 heteroatoms. The summed E-state index contributed by atoms with van der Waals surface area (Å²) in [6.45, 7) is 4.10. The minimum absolute atomic E-state index is 0.201. The van der Waals surface area contributed by atoms with Gasteiger partial charge in [-0.2, -0.15) is 4.39 Å². The molecule has 0 N–H and O–H groups in total. The lowest BCUT2D eigenvalue weighted by atomic mass is 9.77. The van der Waals surface area contributed by atoms with E-state index in [1.165, 1.54) is 56.2 Å². The molecule has 0 heterocycles. The molecule has 3 rings (SSSR count). The molecular weight excluding hydrogens is 374 g/mol.